The normalized spacial score (nSPS) is 16.6. The van der Waals surface area contributed by atoms with Gasteiger partial charge in [0, 0.05) is 24.8 Å². The second kappa shape index (κ2) is 9.13. The van der Waals surface area contributed by atoms with Crippen molar-refractivity contribution in [3.63, 3.8) is 0 Å². The van der Waals surface area contributed by atoms with Gasteiger partial charge in [0.15, 0.2) is 0 Å². The Kier molecular flexibility index (Phi) is 6.58. The van der Waals surface area contributed by atoms with E-state index in [0.717, 1.165) is 29.7 Å². The average molecular weight is 416 g/mol. The van der Waals surface area contributed by atoms with Crippen LogP contribution in [0.2, 0.25) is 0 Å². The third-order valence-corrected chi connectivity index (χ3v) is 5.53. The Morgan fingerprint density at radius 3 is 2.52 bits per heavy atom. The molecule has 3 rings (SSSR count). The molecule has 1 saturated heterocycles. The van der Waals surface area contributed by atoms with Gasteiger partial charge in [-0.15, -0.1) is 10.2 Å². The topological polar surface area (TPSA) is 104 Å². The first-order chi connectivity index (χ1) is 13.8. The number of nitrogens with zero attached hydrogens (tertiary/aromatic N) is 3. The monoisotopic (exact) mass is 415 g/mol. The number of nitrogens with one attached hydrogen (secondary N) is 2. The molecule has 0 saturated carbocycles. The molecule has 1 fully saturated rings. The Morgan fingerprint density at radius 1 is 1.14 bits per heavy atom. The van der Waals surface area contributed by atoms with E-state index < -0.39 is 5.91 Å². The molecule has 1 aromatic heterocycles. The van der Waals surface area contributed by atoms with Crippen LogP contribution >= 0.6 is 11.3 Å². The minimum Gasteiger partial charge on any atom is -0.354 e. The van der Waals surface area contributed by atoms with Gasteiger partial charge in [-0.3, -0.25) is 14.4 Å². The van der Waals surface area contributed by atoms with Crippen LogP contribution in [0.4, 0.5) is 5.69 Å². The molecule has 29 heavy (non-hydrogen) atoms. The molecule has 0 bridgehead atoms. The first-order valence-electron chi connectivity index (χ1n) is 9.64. The molecule has 1 aliphatic heterocycles. The van der Waals surface area contributed by atoms with Crippen molar-refractivity contribution in [2.45, 2.75) is 39.7 Å². The van der Waals surface area contributed by atoms with Crippen LogP contribution in [0.3, 0.4) is 0 Å². The van der Waals surface area contributed by atoms with Crippen LogP contribution in [0.1, 0.15) is 51.9 Å². The maximum Gasteiger partial charge on any atom is 0.286 e. The zero-order valence-electron chi connectivity index (χ0n) is 16.8. The molecule has 9 heteroatoms. The summed E-state index contributed by atoms with van der Waals surface area (Å²) in [6.07, 6.45) is 1.50. The van der Waals surface area contributed by atoms with Gasteiger partial charge >= 0.3 is 0 Å². The minimum absolute atomic E-state index is 0.0343. The number of aryl methyl sites for hydroxylation is 1. The van der Waals surface area contributed by atoms with Crippen molar-refractivity contribution in [3.8, 4) is 0 Å². The summed E-state index contributed by atoms with van der Waals surface area (Å²) in [7, 11) is 0. The first kappa shape index (κ1) is 20.9. The highest BCUT2D eigenvalue weighted by atomic mass is 32.1. The summed E-state index contributed by atoms with van der Waals surface area (Å²) in [6, 6.07) is 7.46. The minimum atomic E-state index is -0.404. The summed E-state index contributed by atoms with van der Waals surface area (Å²) in [4.78, 5) is 39.1. The lowest BCUT2D eigenvalue weighted by Gasteiger charge is -2.31. The van der Waals surface area contributed by atoms with E-state index in [1.807, 2.05) is 32.9 Å². The molecule has 1 aliphatic rings. The lowest BCUT2D eigenvalue weighted by molar-refractivity contribution is -0.126. The molecule has 1 unspecified atom stereocenters. The van der Waals surface area contributed by atoms with Crippen LogP contribution in [-0.2, 0) is 4.79 Å². The molecule has 1 aromatic carbocycles. The molecule has 3 amide bonds. The molecule has 2 heterocycles. The third kappa shape index (κ3) is 5.38. The van der Waals surface area contributed by atoms with E-state index in [0.29, 0.717) is 18.8 Å². The molecule has 2 N–H and O–H groups in total. The zero-order chi connectivity index (χ0) is 21.0. The van der Waals surface area contributed by atoms with Gasteiger partial charge in [0.2, 0.25) is 15.9 Å². The summed E-state index contributed by atoms with van der Waals surface area (Å²) in [5, 5.41) is 13.7. The number of hydrogen-bond donors (Lipinski definition) is 2. The van der Waals surface area contributed by atoms with Crippen molar-refractivity contribution in [1.29, 1.82) is 0 Å². The SMILES string of the molecule is Cc1ccc(NC(=O)c2nnc(C(=O)N3CCCC(C(=O)NC(C)C)C3)s2)cc1. The summed E-state index contributed by atoms with van der Waals surface area (Å²) in [5.41, 5.74) is 1.74. The van der Waals surface area contributed by atoms with Gasteiger partial charge in [-0.25, -0.2) is 0 Å². The van der Waals surface area contributed by atoms with E-state index in [4.69, 9.17) is 0 Å². The van der Waals surface area contributed by atoms with Crippen LogP contribution < -0.4 is 10.6 Å². The molecule has 8 nitrogen and oxygen atoms in total. The van der Waals surface area contributed by atoms with Gasteiger partial charge in [0.05, 0.1) is 5.92 Å². The fourth-order valence-electron chi connectivity index (χ4n) is 3.14. The third-order valence-electron chi connectivity index (χ3n) is 4.62. The molecular formula is C20H25N5O3S. The number of amides is 3. The number of rotatable bonds is 5. The Bertz CT molecular complexity index is 894. The van der Waals surface area contributed by atoms with E-state index in [2.05, 4.69) is 20.8 Å². The smallest absolute Gasteiger partial charge is 0.286 e. The molecular weight excluding hydrogens is 390 g/mol. The number of piperidine rings is 1. The predicted octanol–water partition coefficient (Wildman–Crippen LogP) is 2.48. The summed E-state index contributed by atoms with van der Waals surface area (Å²) >= 11 is 0.959. The van der Waals surface area contributed by atoms with E-state index >= 15 is 0 Å². The van der Waals surface area contributed by atoms with Crippen LogP contribution in [0, 0.1) is 12.8 Å². The van der Waals surface area contributed by atoms with E-state index in [9.17, 15) is 14.4 Å². The van der Waals surface area contributed by atoms with Gasteiger partial charge in [-0.2, -0.15) is 0 Å². The fourth-order valence-corrected chi connectivity index (χ4v) is 3.84. The van der Waals surface area contributed by atoms with Crippen molar-refractivity contribution < 1.29 is 14.4 Å². The summed E-state index contributed by atoms with van der Waals surface area (Å²) < 4.78 is 0. The molecule has 2 aromatic rings. The van der Waals surface area contributed by atoms with Crippen molar-refractivity contribution in [2.75, 3.05) is 18.4 Å². The number of aromatic nitrogens is 2. The Morgan fingerprint density at radius 2 is 1.83 bits per heavy atom. The second-order valence-corrected chi connectivity index (χ2v) is 8.46. The predicted molar refractivity (Wildman–Crippen MR) is 111 cm³/mol. The Labute approximate surface area is 173 Å². The Hall–Kier alpha value is -2.81. The van der Waals surface area contributed by atoms with E-state index in [1.165, 1.54) is 0 Å². The summed E-state index contributed by atoms with van der Waals surface area (Å²) in [5.74, 6) is -0.961. The fraction of sp³-hybridized carbons (Fsp3) is 0.450. The van der Waals surface area contributed by atoms with Crippen LogP contribution in [0.5, 0.6) is 0 Å². The van der Waals surface area contributed by atoms with Gasteiger partial charge in [0.25, 0.3) is 11.8 Å². The van der Waals surface area contributed by atoms with E-state index in [1.54, 1.807) is 17.0 Å². The number of hydrogen-bond acceptors (Lipinski definition) is 6. The lowest BCUT2D eigenvalue weighted by Crippen LogP contribution is -2.46. The standard InChI is InChI=1S/C20H25N5O3S/c1-12(2)21-16(26)14-5-4-10-25(11-14)20(28)19-24-23-18(29-19)17(27)22-15-8-6-13(3)7-9-15/h6-9,12,14H,4-5,10-11H2,1-3H3,(H,21,26)(H,22,27). The molecule has 0 radical (unpaired) electrons. The quantitative estimate of drug-likeness (QED) is 0.781. The second-order valence-electron chi connectivity index (χ2n) is 7.49. The van der Waals surface area contributed by atoms with Gasteiger partial charge in [-0.05, 0) is 45.7 Å². The number of anilines is 1. The molecule has 0 aliphatic carbocycles. The highest BCUT2D eigenvalue weighted by Gasteiger charge is 2.31. The molecule has 0 spiro atoms. The van der Waals surface area contributed by atoms with Crippen molar-refractivity contribution in [2.24, 2.45) is 5.92 Å². The highest BCUT2D eigenvalue weighted by molar-refractivity contribution is 7.15. The first-order valence-corrected chi connectivity index (χ1v) is 10.5. The maximum atomic E-state index is 12.8. The molecule has 154 valence electrons. The number of carbonyl (C=O) groups is 3. The Balaban J connectivity index is 1.63. The number of carbonyl (C=O) groups excluding carboxylic acids is 3. The largest absolute Gasteiger partial charge is 0.354 e. The van der Waals surface area contributed by atoms with Gasteiger partial charge < -0.3 is 15.5 Å². The van der Waals surface area contributed by atoms with Crippen LogP contribution in [0.25, 0.3) is 0 Å². The lowest BCUT2D eigenvalue weighted by atomic mass is 9.97. The zero-order valence-corrected chi connectivity index (χ0v) is 17.6. The highest BCUT2D eigenvalue weighted by Crippen LogP contribution is 2.21. The molecule has 1 atom stereocenters. The number of benzene rings is 1. The summed E-state index contributed by atoms with van der Waals surface area (Å²) in [6.45, 7) is 6.70. The van der Waals surface area contributed by atoms with E-state index in [-0.39, 0.29) is 33.8 Å². The van der Waals surface area contributed by atoms with Gasteiger partial charge in [0.1, 0.15) is 0 Å². The van der Waals surface area contributed by atoms with Gasteiger partial charge in [-0.1, -0.05) is 29.0 Å². The maximum absolute atomic E-state index is 12.8. The van der Waals surface area contributed by atoms with Crippen molar-refractivity contribution in [3.05, 3.63) is 39.8 Å². The number of likely N-dealkylation sites (tertiary alicyclic amines) is 1. The average Bonchev–Trinajstić information content (AvgIpc) is 3.19. The van der Waals surface area contributed by atoms with Crippen LogP contribution in [0.15, 0.2) is 24.3 Å². The van der Waals surface area contributed by atoms with Crippen molar-refractivity contribution >= 4 is 34.7 Å². The van der Waals surface area contributed by atoms with Crippen molar-refractivity contribution in [1.82, 2.24) is 20.4 Å². The van der Waals surface area contributed by atoms with Crippen LogP contribution in [-0.4, -0.2) is 52.0 Å².